The fraction of sp³-hybridized carbons (Fsp3) is 0.385. The molecule has 0 radical (unpaired) electrons. The van der Waals surface area contributed by atoms with Gasteiger partial charge in [0.1, 0.15) is 5.54 Å². The number of carbonyl (C=O) groups is 2. The molecule has 0 aliphatic rings. The molecule has 0 aliphatic carbocycles. The van der Waals surface area contributed by atoms with Gasteiger partial charge in [0, 0.05) is 5.56 Å². The summed E-state index contributed by atoms with van der Waals surface area (Å²) in [4.78, 5) is 23.0. The molecule has 0 saturated heterocycles. The number of hydrogen-bond acceptors (Lipinski definition) is 2. The van der Waals surface area contributed by atoms with Gasteiger partial charge in [-0.2, -0.15) is 0 Å². The third-order valence-corrected chi connectivity index (χ3v) is 3.22. The van der Waals surface area contributed by atoms with Crippen LogP contribution in [0.1, 0.15) is 31.1 Å². The minimum atomic E-state index is -1.69. The van der Waals surface area contributed by atoms with Gasteiger partial charge < -0.3 is 10.4 Å². The minimum absolute atomic E-state index is 0.473. The van der Waals surface area contributed by atoms with E-state index in [2.05, 4.69) is 5.32 Å². The SMILES string of the molecule is CC(C)C(C)(NC(=O)c1cc(F)c(F)c(F)c1)C(=O)O. The largest absolute Gasteiger partial charge is 0.480 e. The summed E-state index contributed by atoms with van der Waals surface area (Å²) in [6, 6.07) is 1.02. The first-order chi connectivity index (χ1) is 9.09. The van der Waals surface area contributed by atoms with Gasteiger partial charge in [-0.1, -0.05) is 13.8 Å². The number of nitrogens with one attached hydrogen (secondary N) is 1. The number of aliphatic carboxylic acids is 1. The van der Waals surface area contributed by atoms with Crippen molar-refractivity contribution in [1.29, 1.82) is 0 Å². The first-order valence-electron chi connectivity index (χ1n) is 5.80. The van der Waals surface area contributed by atoms with Crippen LogP contribution in [0.25, 0.3) is 0 Å². The number of carbonyl (C=O) groups excluding carboxylic acids is 1. The average molecular weight is 289 g/mol. The molecule has 0 fully saturated rings. The summed E-state index contributed by atoms with van der Waals surface area (Å²) in [6.45, 7) is 4.41. The second kappa shape index (κ2) is 5.52. The van der Waals surface area contributed by atoms with E-state index >= 15 is 0 Å². The Morgan fingerprint density at radius 2 is 1.65 bits per heavy atom. The summed E-state index contributed by atoms with van der Waals surface area (Å²) in [5, 5.41) is 11.3. The average Bonchev–Trinajstić information content (AvgIpc) is 2.34. The Balaban J connectivity index is 3.11. The van der Waals surface area contributed by atoms with Crippen molar-refractivity contribution in [1.82, 2.24) is 5.32 Å². The van der Waals surface area contributed by atoms with Crippen molar-refractivity contribution in [3.63, 3.8) is 0 Å². The lowest BCUT2D eigenvalue weighted by molar-refractivity contribution is -0.145. The standard InChI is InChI=1S/C13H14F3NO3/c1-6(2)13(3,12(19)20)17-11(18)7-4-8(14)10(16)9(15)5-7/h4-6H,1-3H3,(H,17,18)(H,19,20). The molecule has 0 spiro atoms. The van der Waals surface area contributed by atoms with Crippen LogP contribution in [0.4, 0.5) is 13.2 Å². The maximum absolute atomic E-state index is 13.0. The van der Waals surface area contributed by atoms with Crippen LogP contribution in [0, 0.1) is 23.4 Å². The Kier molecular flexibility index (Phi) is 4.42. The lowest BCUT2D eigenvalue weighted by Gasteiger charge is -2.30. The van der Waals surface area contributed by atoms with E-state index in [1.165, 1.54) is 6.92 Å². The van der Waals surface area contributed by atoms with E-state index < -0.39 is 46.3 Å². The van der Waals surface area contributed by atoms with Gasteiger partial charge in [-0.25, -0.2) is 18.0 Å². The lowest BCUT2D eigenvalue weighted by Crippen LogP contribution is -2.55. The van der Waals surface area contributed by atoms with Crippen LogP contribution < -0.4 is 5.32 Å². The molecule has 110 valence electrons. The van der Waals surface area contributed by atoms with Crippen LogP contribution in [0.5, 0.6) is 0 Å². The molecule has 1 unspecified atom stereocenters. The lowest BCUT2D eigenvalue weighted by atomic mass is 9.88. The summed E-state index contributed by atoms with van der Waals surface area (Å²) >= 11 is 0. The van der Waals surface area contributed by atoms with Gasteiger partial charge in [0.15, 0.2) is 17.5 Å². The Hall–Kier alpha value is -2.05. The van der Waals surface area contributed by atoms with Crippen molar-refractivity contribution in [2.75, 3.05) is 0 Å². The predicted octanol–water partition coefficient (Wildman–Crippen LogP) is 2.33. The third-order valence-electron chi connectivity index (χ3n) is 3.22. The van der Waals surface area contributed by atoms with Crippen LogP contribution in [-0.2, 0) is 4.79 Å². The highest BCUT2D eigenvalue weighted by Crippen LogP contribution is 2.19. The molecule has 20 heavy (non-hydrogen) atoms. The van der Waals surface area contributed by atoms with Gasteiger partial charge in [-0.15, -0.1) is 0 Å². The molecular weight excluding hydrogens is 275 g/mol. The van der Waals surface area contributed by atoms with Crippen molar-refractivity contribution in [2.24, 2.45) is 5.92 Å². The Bertz CT molecular complexity index is 537. The number of carboxylic acid groups (broad SMARTS) is 1. The first-order valence-corrected chi connectivity index (χ1v) is 5.80. The number of halogens is 3. The highest BCUT2D eigenvalue weighted by Gasteiger charge is 2.38. The van der Waals surface area contributed by atoms with Crippen LogP contribution in [-0.4, -0.2) is 22.5 Å². The van der Waals surface area contributed by atoms with E-state index in [0.717, 1.165) is 0 Å². The molecule has 1 aromatic carbocycles. The number of rotatable bonds is 4. The second-order valence-corrected chi connectivity index (χ2v) is 4.87. The van der Waals surface area contributed by atoms with Crippen LogP contribution in [0.3, 0.4) is 0 Å². The molecule has 0 aromatic heterocycles. The molecule has 1 atom stereocenters. The van der Waals surface area contributed by atoms with E-state index in [4.69, 9.17) is 5.11 Å². The summed E-state index contributed by atoms with van der Waals surface area (Å²) in [5.41, 5.74) is -2.10. The number of hydrogen-bond donors (Lipinski definition) is 2. The van der Waals surface area contributed by atoms with Gasteiger partial charge in [0.2, 0.25) is 0 Å². The zero-order valence-corrected chi connectivity index (χ0v) is 11.1. The van der Waals surface area contributed by atoms with Crippen LogP contribution in [0.15, 0.2) is 12.1 Å². The van der Waals surface area contributed by atoms with Crippen molar-refractivity contribution in [2.45, 2.75) is 26.3 Å². The minimum Gasteiger partial charge on any atom is -0.480 e. The van der Waals surface area contributed by atoms with Crippen molar-refractivity contribution < 1.29 is 27.9 Å². The van der Waals surface area contributed by atoms with E-state index in [0.29, 0.717) is 12.1 Å². The zero-order chi connectivity index (χ0) is 15.7. The Labute approximate surface area is 113 Å². The quantitative estimate of drug-likeness (QED) is 0.836. The number of benzene rings is 1. The topological polar surface area (TPSA) is 66.4 Å². The fourth-order valence-electron chi connectivity index (χ4n) is 1.44. The molecule has 0 heterocycles. The summed E-state index contributed by atoms with van der Waals surface area (Å²) in [5.74, 6) is -7.48. The monoisotopic (exact) mass is 289 g/mol. The Morgan fingerprint density at radius 3 is 2.00 bits per heavy atom. The van der Waals surface area contributed by atoms with Gasteiger partial charge in [0.05, 0.1) is 0 Å². The normalized spacial score (nSPS) is 13.9. The van der Waals surface area contributed by atoms with Crippen molar-refractivity contribution in [3.05, 3.63) is 35.1 Å². The maximum Gasteiger partial charge on any atom is 0.329 e. The van der Waals surface area contributed by atoms with E-state index in [-0.39, 0.29) is 0 Å². The highest BCUT2D eigenvalue weighted by atomic mass is 19.2. The number of carboxylic acids is 1. The fourth-order valence-corrected chi connectivity index (χ4v) is 1.44. The summed E-state index contributed by atoms with van der Waals surface area (Å²) in [6.07, 6.45) is 0. The maximum atomic E-state index is 13.0. The molecule has 0 saturated carbocycles. The van der Waals surface area contributed by atoms with Gasteiger partial charge in [0.25, 0.3) is 5.91 Å². The molecule has 1 amide bonds. The molecule has 0 bridgehead atoms. The van der Waals surface area contributed by atoms with E-state index in [9.17, 15) is 22.8 Å². The smallest absolute Gasteiger partial charge is 0.329 e. The van der Waals surface area contributed by atoms with Crippen molar-refractivity contribution >= 4 is 11.9 Å². The highest BCUT2D eigenvalue weighted by molar-refractivity contribution is 5.97. The van der Waals surface area contributed by atoms with Crippen LogP contribution >= 0.6 is 0 Å². The number of amides is 1. The van der Waals surface area contributed by atoms with Crippen molar-refractivity contribution in [3.8, 4) is 0 Å². The second-order valence-electron chi connectivity index (χ2n) is 4.87. The predicted molar refractivity (Wildman–Crippen MR) is 64.7 cm³/mol. The molecule has 4 nitrogen and oxygen atoms in total. The van der Waals surface area contributed by atoms with Gasteiger partial charge >= 0.3 is 5.97 Å². The summed E-state index contributed by atoms with van der Waals surface area (Å²) in [7, 11) is 0. The van der Waals surface area contributed by atoms with Gasteiger partial charge in [-0.3, -0.25) is 4.79 Å². The third kappa shape index (κ3) is 2.92. The molecule has 1 aromatic rings. The zero-order valence-electron chi connectivity index (χ0n) is 11.1. The molecule has 7 heteroatoms. The first kappa shape index (κ1) is 16.0. The van der Waals surface area contributed by atoms with E-state index in [1.54, 1.807) is 13.8 Å². The van der Waals surface area contributed by atoms with Crippen LogP contribution in [0.2, 0.25) is 0 Å². The molecule has 1 rings (SSSR count). The van der Waals surface area contributed by atoms with Gasteiger partial charge in [-0.05, 0) is 25.0 Å². The summed E-state index contributed by atoms with van der Waals surface area (Å²) < 4.78 is 38.9. The molecular formula is C13H14F3NO3. The molecule has 0 aliphatic heterocycles. The van der Waals surface area contributed by atoms with E-state index in [1.807, 2.05) is 0 Å². The molecule has 2 N–H and O–H groups in total. The Morgan fingerprint density at radius 1 is 1.20 bits per heavy atom.